The van der Waals surface area contributed by atoms with E-state index in [1.54, 1.807) is 54.6 Å². The number of carbonyl (C=O) groups excluding carboxylic acids is 4. The summed E-state index contributed by atoms with van der Waals surface area (Å²) in [5.41, 5.74) is 2.56. The molecule has 4 aromatic carbocycles. The van der Waals surface area contributed by atoms with Crippen LogP contribution in [-0.2, 0) is 24.6 Å². The highest BCUT2D eigenvalue weighted by Gasteiger charge is 2.70. The average Bonchev–Trinajstić information content (AvgIpc) is 3.53. The van der Waals surface area contributed by atoms with E-state index in [4.69, 9.17) is 27.9 Å². The van der Waals surface area contributed by atoms with Gasteiger partial charge in [0, 0.05) is 16.0 Å². The third kappa shape index (κ3) is 5.06. The lowest BCUT2D eigenvalue weighted by atomic mass is 9.49. The number of nitrogens with zero attached hydrogens (tertiary/aromatic N) is 2. The maximum Gasteiger partial charge on any atom is 0.246 e. The maximum absolute atomic E-state index is 15.3. The zero-order chi connectivity index (χ0) is 35.6. The molecule has 1 saturated carbocycles. The second kappa shape index (κ2) is 12.8. The summed E-state index contributed by atoms with van der Waals surface area (Å²) in [5, 5.41) is 10.2. The number of hydrogen-bond acceptors (Lipinski definition) is 6. The first-order valence-electron chi connectivity index (χ1n) is 17.0. The lowest BCUT2D eigenvalue weighted by Gasteiger charge is -2.50. The molecule has 6 atom stereocenters. The Morgan fingerprint density at radius 2 is 1.55 bits per heavy atom. The quantitative estimate of drug-likeness (QED) is 0.162. The highest BCUT2D eigenvalue weighted by Crippen LogP contribution is 2.64. The largest absolute Gasteiger partial charge is 0.491 e. The van der Waals surface area contributed by atoms with Crippen molar-refractivity contribution in [1.29, 1.82) is 0 Å². The Morgan fingerprint density at radius 1 is 0.804 bits per heavy atom. The van der Waals surface area contributed by atoms with Crippen LogP contribution in [0.15, 0.2) is 109 Å². The summed E-state index contributed by atoms with van der Waals surface area (Å²) in [5.74, 6) is -4.22. The van der Waals surface area contributed by atoms with Gasteiger partial charge in [0.15, 0.2) is 0 Å². The summed E-state index contributed by atoms with van der Waals surface area (Å²) in [7, 11) is 0. The van der Waals surface area contributed by atoms with E-state index in [0.717, 1.165) is 16.7 Å². The first kappa shape index (κ1) is 33.4. The van der Waals surface area contributed by atoms with Crippen LogP contribution in [0.2, 0.25) is 10.0 Å². The van der Waals surface area contributed by atoms with E-state index in [-0.39, 0.29) is 43.3 Å². The van der Waals surface area contributed by atoms with Gasteiger partial charge in [-0.1, -0.05) is 89.4 Å². The standard InChI is InChI=1S/C41H34Cl2N2O6/c1-23-10-13-28(21-34(23)43)44-37(47)31-17-16-30-32(35(31)39(44)49)22-33-38(48)45(27-9-5-8-26(42)20-27)40(50)41(33,25-6-3-2-4-7-25)36(30)24-11-14-29(15-12-24)51-19-18-46/h2-16,20-21,31-33,35-36,46H,17-19,22H2,1H3/t31-,32+,33-,35-,36-,41+/m0/s1. The summed E-state index contributed by atoms with van der Waals surface area (Å²) in [4.78, 5) is 61.3. The van der Waals surface area contributed by atoms with Crippen LogP contribution in [-0.4, -0.2) is 41.9 Å². The molecule has 3 fully saturated rings. The fourth-order valence-electron chi connectivity index (χ4n) is 9.01. The number of hydrogen-bond donors (Lipinski definition) is 1. The van der Waals surface area contributed by atoms with Crippen molar-refractivity contribution in [3.8, 4) is 5.75 Å². The van der Waals surface area contributed by atoms with E-state index in [1.165, 1.54) is 9.80 Å². The summed E-state index contributed by atoms with van der Waals surface area (Å²) in [6.07, 6.45) is 2.53. The van der Waals surface area contributed by atoms with E-state index in [2.05, 4.69) is 0 Å². The molecule has 0 spiro atoms. The number of carbonyl (C=O) groups is 4. The van der Waals surface area contributed by atoms with Crippen LogP contribution in [0.5, 0.6) is 5.75 Å². The van der Waals surface area contributed by atoms with Crippen molar-refractivity contribution in [2.24, 2.45) is 23.7 Å². The van der Waals surface area contributed by atoms with Gasteiger partial charge in [-0.3, -0.25) is 19.2 Å². The van der Waals surface area contributed by atoms with Crippen molar-refractivity contribution >= 4 is 58.2 Å². The Balaban J connectivity index is 1.32. The Labute approximate surface area is 305 Å². The molecule has 4 amide bonds. The number of aliphatic hydroxyl groups excluding tert-OH is 1. The minimum absolute atomic E-state index is 0.121. The van der Waals surface area contributed by atoms with E-state index >= 15 is 4.79 Å². The molecule has 0 aromatic heterocycles. The molecule has 8 rings (SSSR count). The first-order chi connectivity index (χ1) is 24.7. The number of amides is 4. The number of ether oxygens (including phenoxy) is 1. The summed E-state index contributed by atoms with van der Waals surface area (Å²) in [6.45, 7) is 1.83. The van der Waals surface area contributed by atoms with Gasteiger partial charge in [0.2, 0.25) is 23.6 Å². The molecule has 0 bridgehead atoms. The Morgan fingerprint density at radius 3 is 2.25 bits per heavy atom. The second-order valence-corrected chi connectivity index (χ2v) is 14.5. The van der Waals surface area contributed by atoms with Gasteiger partial charge in [-0.05, 0) is 84.8 Å². The zero-order valence-corrected chi connectivity index (χ0v) is 29.2. The Bertz CT molecular complexity index is 2120. The molecule has 4 aliphatic rings. The van der Waals surface area contributed by atoms with Crippen molar-refractivity contribution < 1.29 is 29.0 Å². The molecule has 8 nitrogen and oxygen atoms in total. The lowest BCUT2D eigenvalue weighted by Crippen LogP contribution is -2.53. The van der Waals surface area contributed by atoms with Crippen LogP contribution in [0.4, 0.5) is 11.4 Å². The predicted molar refractivity (Wildman–Crippen MR) is 194 cm³/mol. The normalized spacial score (nSPS) is 26.9. The monoisotopic (exact) mass is 720 g/mol. The van der Waals surface area contributed by atoms with E-state index in [0.29, 0.717) is 39.2 Å². The predicted octanol–water partition coefficient (Wildman–Crippen LogP) is 7.04. The van der Waals surface area contributed by atoms with Crippen molar-refractivity contribution in [1.82, 2.24) is 0 Å². The van der Waals surface area contributed by atoms with Gasteiger partial charge in [-0.15, -0.1) is 0 Å². The SMILES string of the molecule is Cc1ccc(N2C(=O)[C@H]3[C@H](CC=C4[C@H]3C[C@H]3C(=O)N(c5cccc(Cl)c5)C(=O)[C@@]3(c3ccccc3)[C@H]4c3ccc(OCCO)cc3)C2=O)cc1Cl. The average molecular weight is 722 g/mol. The Kier molecular flexibility index (Phi) is 8.37. The highest BCUT2D eigenvalue weighted by molar-refractivity contribution is 6.33. The molecule has 2 aliphatic heterocycles. The van der Waals surface area contributed by atoms with Gasteiger partial charge in [-0.25, -0.2) is 9.80 Å². The second-order valence-electron chi connectivity index (χ2n) is 13.7. The van der Waals surface area contributed by atoms with Crippen LogP contribution >= 0.6 is 23.2 Å². The number of fused-ring (bicyclic) bond motifs is 4. The summed E-state index contributed by atoms with van der Waals surface area (Å²) < 4.78 is 5.67. The first-order valence-corrected chi connectivity index (χ1v) is 17.8. The van der Waals surface area contributed by atoms with E-state index in [1.807, 2.05) is 55.5 Å². The molecule has 2 saturated heterocycles. The topological polar surface area (TPSA) is 104 Å². The van der Waals surface area contributed by atoms with Gasteiger partial charge >= 0.3 is 0 Å². The highest BCUT2D eigenvalue weighted by atomic mass is 35.5. The number of anilines is 2. The molecule has 1 N–H and O–H groups in total. The molecule has 4 aromatic rings. The molecule has 0 radical (unpaired) electrons. The van der Waals surface area contributed by atoms with E-state index in [9.17, 15) is 19.5 Å². The van der Waals surface area contributed by atoms with Gasteiger partial charge in [0.25, 0.3) is 0 Å². The maximum atomic E-state index is 15.3. The van der Waals surface area contributed by atoms with Gasteiger partial charge < -0.3 is 9.84 Å². The third-order valence-electron chi connectivity index (χ3n) is 11.2. The number of halogens is 2. The number of aryl methyl sites for hydroxylation is 1. The number of benzene rings is 4. The van der Waals surface area contributed by atoms with Crippen LogP contribution in [0.1, 0.15) is 35.4 Å². The van der Waals surface area contributed by atoms with Gasteiger partial charge in [0.05, 0.1) is 41.2 Å². The molecule has 0 unspecified atom stereocenters. The summed E-state index contributed by atoms with van der Waals surface area (Å²) >= 11 is 12.9. The van der Waals surface area contributed by atoms with Crippen molar-refractivity contribution in [3.63, 3.8) is 0 Å². The lowest BCUT2D eigenvalue weighted by molar-refractivity contribution is -0.127. The molecule has 258 valence electrons. The smallest absolute Gasteiger partial charge is 0.246 e. The third-order valence-corrected chi connectivity index (χ3v) is 11.8. The summed E-state index contributed by atoms with van der Waals surface area (Å²) in [6, 6.07) is 28.6. The molecule has 2 heterocycles. The van der Waals surface area contributed by atoms with Crippen molar-refractivity contribution in [3.05, 3.63) is 135 Å². The van der Waals surface area contributed by atoms with Gasteiger partial charge in [-0.2, -0.15) is 0 Å². The molecular weight excluding hydrogens is 687 g/mol. The number of imide groups is 2. The fourth-order valence-corrected chi connectivity index (χ4v) is 9.37. The molecule has 2 aliphatic carbocycles. The van der Waals surface area contributed by atoms with Crippen molar-refractivity contribution in [2.75, 3.05) is 23.0 Å². The molecular formula is C41H34Cl2N2O6. The van der Waals surface area contributed by atoms with Gasteiger partial charge in [0.1, 0.15) is 12.4 Å². The zero-order valence-electron chi connectivity index (χ0n) is 27.7. The van der Waals surface area contributed by atoms with E-state index < -0.39 is 35.0 Å². The minimum Gasteiger partial charge on any atom is -0.491 e. The Hall–Kier alpha value is -4.76. The van der Waals surface area contributed by atoms with Crippen LogP contribution in [0, 0.1) is 30.6 Å². The number of aliphatic hydroxyl groups is 1. The van der Waals surface area contributed by atoms with Crippen LogP contribution in [0.25, 0.3) is 0 Å². The number of rotatable bonds is 7. The van der Waals surface area contributed by atoms with Crippen LogP contribution < -0.4 is 14.5 Å². The van der Waals surface area contributed by atoms with Crippen LogP contribution in [0.3, 0.4) is 0 Å². The minimum atomic E-state index is -1.38. The molecule has 51 heavy (non-hydrogen) atoms. The fraction of sp³-hybridized carbons (Fsp3) is 0.268. The number of allylic oxidation sites excluding steroid dienone is 2. The van der Waals surface area contributed by atoms with Crippen molar-refractivity contribution in [2.45, 2.75) is 31.1 Å². The molecule has 10 heteroatoms.